The van der Waals surface area contributed by atoms with E-state index in [0.29, 0.717) is 5.41 Å². The Labute approximate surface area is 114 Å². The van der Waals surface area contributed by atoms with Gasteiger partial charge in [-0.3, -0.25) is 4.98 Å². The molecule has 4 saturated carbocycles. The van der Waals surface area contributed by atoms with Crippen molar-refractivity contribution in [1.29, 1.82) is 0 Å². The minimum absolute atomic E-state index is 0. The van der Waals surface area contributed by atoms with Gasteiger partial charge in [0.15, 0.2) is 0 Å². The third-order valence-corrected chi connectivity index (χ3v) is 5.25. The maximum Gasteiger partial charge on any atom is 0.0465 e. The minimum Gasteiger partial charge on any atom is -0.261 e. The smallest absolute Gasteiger partial charge is 0.0465 e. The van der Waals surface area contributed by atoms with E-state index in [1.807, 2.05) is 12.3 Å². The Morgan fingerprint density at radius 3 is 2.00 bits per heavy atom. The Hall–Kier alpha value is -0.370. The average Bonchev–Trinajstić information content (AvgIpc) is 2.28. The molecule has 1 aromatic rings. The predicted octanol–water partition coefficient (Wildman–Crippen LogP) is 4.13. The fraction of sp³-hybridized carbons (Fsp3) is 0.667. The van der Waals surface area contributed by atoms with Gasteiger partial charge < -0.3 is 0 Å². The molecule has 5 rings (SSSR count). The molecule has 1 nitrogen and oxygen atoms in total. The average molecular weight is 294 g/mol. The maximum atomic E-state index is 4.67. The van der Waals surface area contributed by atoms with E-state index >= 15 is 0 Å². The van der Waals surface area contributed by atoms with Gasteiger partial charge in [0.1, 0.15) is 0 Å². The first kappa shape index (κ1) is 11.7. The van der Waals surface area contributed by atoms with Crippen LogP contribution in [0.1, 0.15) is 44.2 Å². The Balaban J connectivity index is 0.000000902. The zero-order valence-corrected chi connectivity index (χ0v) is 11.9. The van der Waals surface area contributed by atoms with Crippen LogP contribution in [0.3, 0.4) is 0 Å². The van der Waals surface area contributed by atoms with Crippen LogP contribution in [0, 0.1) is 17.8 Å². The predicted molar refractivity (Wildman–Crippen MR) is 74.4 cm³/mol. The molecule has 0 spiro atoms. The SMILES string of the molecule is Br.c1ccc(C23CC4CC(CC(C4)C2)C3)nc1. The molecule has 4 aliphatic carbocycles. The van der Waals surface area contributed by atoms with Gasteiger partial charge in [-0.2, -0.15) is 0 Å². The molecule has 0 amide bonds. The van der Waals surface area contributed by atoms with Gasteiger partial charge in [-0.1, -0.05) is 6.07 Å². The molecule has 0 atom stereocenters. The molecule has 17 heavy (non-hydrogen) atoms. The summed E-state index contributed by atoms with van der Waals surface area (Å²) in [6, 6.07) is 6.48. The minimum atomic E-state index is 0. The molecular formula is C15H20BrN. The summed E-state index contributed by atoms with van der Waals surface area (Å²) in [6.45, 7) is 0. The lowest BCUT2D eigenvalue weighted by molar-refractivity contribution is -0.00719. The van der Waals surface area contributed by atoms with Crippen molar-refractivity contribution in [1.82, 2.24) is 4.98 Å². The molecule has 0 aromatic carbocycles. The largest absolute Gasteiger partial charge is 0.261 e. The Bertz CT molecular complexity index is 365. The summed E-state index contributed by atoms with van der Waals surface area (Å²) in [5, 5.41) is 0. The van der Waals surface area contributed by atoms with Crippen LogP contribution in [0.2, 0.25) is 0 Å². The summed E-state index contributed by atoms with van der Waals surface area (Å²) >= 11 is 0. The second kappa shape index (κ2) is 4.08. The van der Waals surface area contributed by atoms with E-state index < -0.39 is 0 Å². The van der Waals surface area contributed by atoms with E-state index in [0.717, 1.165) is 17.8 Å². The van der Waals surface area contributed by atoms with Crippen molar-refractivity contribution in [2.24, 2.45) is 17.8 Å². The zero-order valence-electron chi connectivity index (χ0n) is 10.1. The van der Waals surface area contributed by atoms with Crippen molar-refractivity contribution < 1.29 is 0 Å². The summed E-state index contributed by atoms with van der Waals surface area (Å²) in [4.78, 5) is 4.67. The molecule has 0 radical (unpaired) electrons. The van der Waals surface area contributed by atoms with Crippen LogP contribution in [-0.2, 0) is 5.41 Å². The van der Waals surface area contributed by atoms with Crippen molar-refractivity contribution in [3.8, 4) is 0 Å². The van der Waals surface area contributed by atoms with Crippen molar-refractivity contribution >= 4 is 17.0 Å². The van der Waals surface area contributed by atoms with Gasteiger partial charge in [-0.25, -0.2) is 0 Å². The molecule has 0 saturated heterocycles. The molecule has 0 aliphatic heterocycles. The lowest BCUT2D eigenvalue weighted by Gasteiger charge is -2.56. The van der Waals surface area contributed by atoms with Gasteiger partial charge in [0.2, 0.25) is 0 Å². The van der Waals surface area contributed by atoms with E-state index in [1.54, 1.807) is 0 Å². The monoisotopic (exact) mass is 293 g/mol. The first-order chi connectivity index (χ1) is 7.84. The van der Waals surface area contributed by atoms with Gasteiger partial charge in [0.25, 0.3) is 0 Å². The fourth-order valence-electron chi connectivity index (χ4n) is 5.10. The highest BCUT2D eigenvalue weighted by atomic mass is 79.9. The fourth-order valence-corrected chi connectivity index (χ4v) is 5.10. The Morgan fingerprint density at radius 2 is 1.53 bits per heavy atom. The number of aromatic nitrogens is 1. The van der Waals surface area contributed by atoms with E-state index in [2.05, 4.69) is 17.1 Å². The summed E-state index contributed by atoms with van der Waals surface area (Å²) in [5.41, 5.74) is 1.88. The Kier molecular flexibility index (Phi) is 2.81. The highest BCUT2D eigenvalue weighted by Crippen LogP contribution is 2.60. The van der Waals surface area contributed by atoms with E-state index in [1.165, 1.54) is 44.2 Å². The molecule has 1 heterocycles. The lowest BCUT2D eigenvalue weighted by Crippen LogP contribution is -2.48. The lowest BCUT2D eigenvalue weighted by atomic mass is 9.49. The van der Waals surface area contributed by atoms with E-state index in [-0.39, 0.29) is 17.0 Å². The van der Waals surface area contributed by atoms with Crippen LogP contribution < -0.4 is 0 Å². The van der Waals surface area contributed by atoms with Crippen LogP contribution in [0.5, 0.6) is 0 Å². The topological polar surface area (TPSA) is 12.9 Å². The van der Waals surface area contributed by atoms with Gasteiger partial charge in [-0.05, 0) is 68.4 Å². The number of nitrogens with zero attached hydrogens (tertiary/aromatic N) is 1. The molecule has 4 fully saturated rings. The van der Waals surface area contributed by atoms with Crippen molar-refractivity contribution in [2.45, 2.75) is 43.9 Å². The third kappa shape index (κ3) is 1.76. The number of hydrogen-bond acceptors (Lipinski definition) is 1. The van der Waals surface area contributed by atoms with E-state index in [4.69, 9.17) is 0 Å². The summed E-state index contributed by atoms with van der Waals surface area (Å²) in [6.07, 6.45) is 10.8. The van der Waals surface area contributed by atoms with Crippen LogP contribution in [0.4, 0.5) is 0 Å². The third-order valence-electron chi connectivity index (χ3n) is 5.25. The van der Waals surface area contributed by atoms with Gasteiger partial charge in [0.05, 0.1) is 0 Å². The number of pyridine rings is 1. The molecule has 4 bridgehead atoms. The van der Waals surface area contributed by atoms with Crippen molar-refractivity contribution in [2.75, 3.05) is 0 Å². The normalized spacial score (nSPS) is 42.2. The maximum absolute atomic E-state index is 4.67. The number of hydrogen-bond donors (Lipinski definition) is 0. The van der Waals surface area contributed by atoms with Crippen molar-refractivity contribution in [3.05, 3.63) is 30.1 Å². The second-order valence-electron chi connectivity index (χ2n) is 6.41. The van der Waals surface area contributed by atoms with Gasteiger partial charge >= 0.3 is 0 Å². The number of rotatable bonds is 1. The molecule has 0 N–H and O–H groups in total. The summed E-state index contributed by atoms with van der Waals surface area (Å²) < 4.78 is 0. The molecule has 1 aromatic heterocycles. The first-order valence-electron chi connectivity index (χ1n) is 6.76. The number of halogens is 1. The summed E-state index contributed by atoms with van der Waals surface area (Å²) in [5.74, 6) is 3.06. The summed E-state index contributed by atoms with van der Waals surface area (Å²) in [7, 11) is 0. The van der Waals surface area contributed by atoms with E-state index in [9.17, 15) is 0 Å². The molecule has 92 valence electrons. The zero-order chi connectivity index (χ0) is 10.6. The quantitative estimate of drug-likeness (QED) is 0.759. The first-order valence-corrected chi connectivity index (χ1v) is 6.76. The van der Waals surface area contributed by atoms with Gasteiger partial charge in [0, 0.05) is 17.3 Å². The molecular weight excluding hydrogens is 274 g/mol. The van der Waals surface area contributed by atoms with Gasteiger partial charge in [-0.15, -0.1) is 17.0 Å². The van der Waals surface area contributed by atoms with Crippen LogP contribution in [0.15, 0.2) is 24.4 Å². The Morgan fingerprint density at radius 1 is 0.941 bits per heavy atom. The standard InChI is InChI=1S/C15H19N.BrH/c1-2-4-16-14(3-1)15-8-11-5-12(9-15)7-13(6-11)10-15;/h1-4,11-13H,5-10H2;1H. The molecule has 0 unspecified atom stereocenters. The van der Waals surface area contributed by atoms with Crippen LogP contribution in [0.25, 0.3) is 0 Å². The van der Waals surface area contributed by atoms with Crippen LogP contribution >= 0.6 is 17.0 Å². The molecule has 2 heteroatoms. The highest BCUT2D eigenvalue weighted by molar-refractivity contribution is 8.93. The highest BCUT2D eigenvalue weighted by Gasteiger charge is 2.52. The van der Waals surface area contributed by atoms with Crippen LogP contribution in [-0.4, -0.2) is 4.98 Å². The molecule has 4 aliphatic rings. The second-order valence-corrected chi connectivity index (χ2v) is 6.41. The van der Waals surface area contributed by atoms with Crippen molar-refractivity contribution in [3.63, 3.8) is 0 Å².